The molecule has 1 aromatic rings. The molecule has 2 rings (SSSR count). The highest BCUT2D eigenvalue weighted by Gasteiger charge is 2.38. The Bertz CT molecular complexity index is 773. The molecule has 0 aliphatic carbocycles. The second-order valence-electron chi connectivity index (χ2n) is 6.47. The Hall–Kier alpha value is -1.45. The molecule has 1 aromatic heterocycles. The number of thiophene rings is 1. The molecule has 0 unspecified atom stereocenters. The average Bonchev–Trinajstić information content (AvgIpc) is 2.90. The molecule has 0 aromatic carbocycles. The lowest BCUT2D eigenvalue weighted by Gasteiger charge is -2.33. The van der Waals surface area contributed by atoms with Crippen LogP contribution in [-0.4, -0.2) is 52.0 Å². The summed E-state index contributed by atoms with van der Waals surface area (Å²) in [5, 5.41) is 0. The molecule has 2 heterocycles. The summed E-state index contributed by atoms with van der Waals surface area (Å²) < 4.78 is 37.0. The zero-order valence-corrected chi connectivity index (χ0v) is 16.6. The van der Waals surface area contributed by atoms with Gasteiger partial charge in [-0.15, -0.1) is 11.3 Å². The minimum absolute atomic E-state index is 0.0845. The summed E-state index contributed by atoms with van der Waals surface area (Å²) in [7, 11) is -1.52. The predicted molar refractivity (Wildman–Crippen MR) is 93.4 cm³/mol. The molecule has 1 fully saturated rings. The zero-order valence-electron chi connectivity index (χ0n) is 15.0. The van der Waals surface area contributed by atoms with Gasteiger partial charge >= 0.3 is 11.9 Å². The van der Waals surface area contributed by atoms with Gasteiger partial charge in [-0.2, -0.15) is 4.31 Å². The minimum atomic E-state index is -3.91. The van der Waals surface area contributed by atoms with Crippen LogP contribution < -0.4 is 0 Å². The number of carbonyl (C=O) groups is 2. The number of sulfonamides is 1. The molecule has 1 aliphatic rings. The van der Waals surface area contributed by atoms with E-state index >= 15 is 0 Å². The third kappa shape index (κ3) is 3.73. The van der Waals surface area contributed by atoms with E-state index < -0.39 is 22.0 Å². The van der Waals surface area contributed by atoms with Crippen molar-refractivity contribution in [3.63, 3.8) is 0 Å². The maximum atomic E-state index is 13.2. The Morgan fingerprint density at radius 2 is 1.60 bits per heavy atom. The van der Waals surface area contributed by atoms with Crippen LogP contribution in [0.3, 0.4) is 0 Å². The van der Waals surface area contributed by atoms with E-state index in [0.29, 0.717) is 13.1 Å². The van der Waals surface area contributed by atoms with Crippen LogP contribution in [0.1, 0.15) is 45.9 Å². The highest BCUT2D eigenvalue weighted by atomic mass is 32.2. The van der Waals surface area contributed by atoms with Crippen LogP contribution in [0.15, 0.2) is 4.21 Å². The number of piperidine rings is 1. The van der Waals surface area contributed by atoms with Crippen molar-refractivity contribution in [2.75, 3.05) is 27.3 Å². The average molecular weight is 389 g/mol. The van der Waals surface area contributed by atoms with Crippen molar-refractivity contribution in [1.29, 1.82) is 0 Å². The van der Waals surface area contributed by atoms with E-state index in [9.17, 15) is 18.0 Å². The van der Waals surface area contributed by atoms with Gasteiger partial charge in [0, 0.05) is 13.1 Å². The molecule has 0 radical (unpaired) electrons. The number of hydrogen-bond acceptors (Lipinski definition) is 7. The van der Waals surface area contributed by atoms with Crippen LogP contribution >= 0.6 is 11.3 Å². The lowest BCUT2D eigenvalue weighted by molar-refractivity contribution is 0.0596. The van der Waals surface area contributed by atoms with E-state index in [1.807, 2.05) is 13.8 Å². The van der Waals surface area contributed by atoms with E-state index in [0.717, 1.165) is 17.8 Å². The van der Waals surface area contributed by atoms with Crippen LogP contribution in [-0.2, 0) is 19.5 Å². The molecule has 1 saturated heterocycles. The lowest BCUT2D eigenvalue weighted by atomic mass is 9.94. The number of carbonyl (C=O) groups excluding carboxylic acids is 2. The van der Waals surface area contributed by atoms with Gasteiger partial charge in [-0.25, -0.2) is 18.0 Å². The van der Waals surface area contributed by atoms with E-state index in [2.05, 4.69) is 0 Å². The SMILES string of the molecule is COC(=O)c1sc(S(=O)(=O)N2C[C@@H](C)C[C@H](C)C2)c(C(=O)OC)c1C. The van der Waals surface area contributed by atoms with E-state index in [4.69, 9.17) is 9.47 Å². The van der Waals surface area contributed by atoms with Gasteiger partial charge in [0.25, 0.3) is 10.0 Å². The summed E-state index contributed by atoms with van der Waals surface area (Å²) in [6.07, 6.45) is 0.951. The summed E-state index contributed by atoms with van der Waals surface area (Å²) in [5.41, 5.74) is 0.180. The third-order valence-corrected chi connectivity index (χ3v) is 7.88. The molecule has 0 saturated carbocycles. The normalized spacial score (nSPS) is 21.8. The van der Waals surface area contributed by atoms with Crippen molar-refractivity contribution in [3.8, 4) is 0 Å². The first-order valence-corrected chi connectivity index (χ1v) is 10.2. The quantitative estimate of drug-likeness (QED) is 0.734. The van der Waals surface area contributed by atoms with Gasteiger partial charge in [-0.05, 0) is 30.7 Å². The fourth-order valence-corrected chi connectivity index (χ4v) is 6.78. The van der Waals surface area contributed by atoms with Crippen LogP contribution in [0.2, 0.25) is 0 Å². The molecular weight excluding hydrogens is 366 g/mol. The summed E-state index contributed by atoms with van der Waals surface area (Å²) in [6.45, 7) is 6.29. The maximum Gasteiger partial charge on any atom is 0.348 e. The topological polar surface area (TPSA) is 90.0 Å². The Morgan fingerprint density at radius 1 is 1.08 bits per heavy atom. The predicted octanol–water partition coefficient (Wildman–Crippen LogP) is 2.30. The molecule has 0 amide bonds. The lowest BCUT2D eigenvalue weighted by Crippen LogP contribution is -2.42. The van der Waals surface area contributed by atoms with Gasteiger partial charge in [0.05, 0.1) is 19.8 Å². The first-order valence-electron chi connectivity index (χ1n) is 7.93. The standard InChI is InChI=1S/C16H23NO6S2/c1-9-6-10(2)8-17(7-9)25(20,21)16-12(14(18)22-4)11(3)13(24-16)15(19)23-5/h9-10H,6-8H2,1-5H3/t9-,10-/m0/s1. The number of nitrogens with zero attached hydrogens (tertiary/aromatic N) is 1. The molecule has 9 heteroatoms. The molecule has 140 valence electrons. The van der Waals surface area contributed by atoms with Gasteiger partial charge < -0.3 is 9.47 Å². The second-order valence-corrected chi connectivity index (χ2v) is 9.62. The van der Waals surface area contributed by atoms with Crippen molar-refractivity contribution < 1.29 is 27.5 Å². The molecule has 0 N–H and O–H groups in total. The van der Waals surface area contributed by atoms with E-state index in [-0.39, 0.29) is 32.0 Å². The fourth-order valence-electron chi connectivity index (χ4n) is 3.21. The number of esters is 2. The first-order chi connectivity index (χ1) is 11.6. The van der Waals surface area contributed by atoms with Gasteiger partial charge in [0.15, 0.2) is 4.21 Å². The van der Waals surface area contributed by atoms with Crippen LogP contribution in [0.5, 0.6) is 0 Å². The first kappa shape index (κ1) is 19.9. The zero-order chi connectivity index (χ0) is 18.9. The van der Waals surface area contributed by atoms with Crippen LogP contribution in [0.25, 0.3) is 0 Å². The van der Waals surface area contributed by atoms with Crippen LogP contribution in [0.4, 0.5) is 0 Å². The Labute approximate surface area is 152 Å². The fraction of sp³-hybridized carbons (Fsp3) is 0.625. The van der Waals surface area contributed by atoms with E-state index in [1.165, 1.54) is 25.4 Å². The summed E-state index contributed by atoms with van der Waals surface area (Å²) in [6, 6.07) is 0. The summed E-state index contributed by atoms with van der Waals surface area (Å²) in [5.74, 6) is -1.00. The van der Waals surface area contributed by atoms with Gasteiger partial charge in [-0.3, -0.25) is 0 Å². The van der Waals surface area contributed by atoms with E-state index in [1.54, 1.807) is 0 Å². The van der Waals surface area contributed by atoms with Crippen molar-refractivity contribution in [3.05, 3.63) is 16.0 Å². The van der Waals surface area contributed by atoms with Crippen molar-refractivity contribution in [1.82, 2.24) is 4.31 Å². The third-order valence-electron chi connectivity index (χ3n) is 4.28. The van der Waals surface area contributed by atoms with Crippen molar-refractivity contribution >= 4 is 33.3 Å². The second kappa shape index (κ2) is 7.43. The maximum absolute atomic E-state index is 13.2. The van der Waals surface area contributed by atoms with Crippen molar-refractivity contribution in [2.45, 2.75) is 31.4 Å². The molecule has 0 bridgehead atoms. The molecule has 25 heavy (non-hydrogen) atoms. The smallest absolute Gasteiger partial charge is 0.348 e. The molecular formula is C16H23NO6S2. The number of rotatable bonds is 4. The molecule has 1 aliphatic heterocycles. The number of hydrogen-bond donors (Lipinski definition) is 0. The highest BCUT2D eigenvalue weighted by Crippen LogP contribution is 2.36. The molecule has 7 nitrogen and oxygen atoms in total. The molecule has 2 atom stereocenters. The largest absolute Gasteiger partial charge is 0.465 e. The Kier molecular flexibility index (Phi) is 5.90. The minimum Gasteiger partial charge on any atom is -0.465 e. The number of ether oxygens (including phenoxy) is 2. The Morgan fingerprint density at radius 3 is 2.08 bits per heavy atom. The summed E-state index contributed by atoms with van der Waals surface area (Å²) in [4.78, 5) is 24.2. The number of methoxy groups -OCH3 is 2. The monoisotopic (exact) mass is 389 g/mol. The highest BCUT2D eigenvalue weighted by molar-refractivity contribution is 7.91. The molecule has 0 spiro atoms. The van der Waals surface area contributed by atoms with Crippen LogP contribution in [0, 0.1) is 18.8 Å². The van der Waals surface area contributed by atoms with Gasteiger partial charge in [0.1, 0.15) is 4.88 Å². The Balaban J connectivity index is 2.59. The summed E-state index contributed by atoms with van der Waals surface area (Å²) >= 11 is 0.761. The van der Waals surface area contributed by atoms with Gasteiger partial charge in [-0.1, -0.05) is 13.8 Å². The van der Waals surface area contributed by atoms with Crippen molar-refractivity contribution in [2.24, 2.45) is 11.8 Å². The van der Waals surface area contributed by atoms with Gasteiger partial charge in [0.2, 0.25) is 0 Å².